The second-order valence-electron chi connectivity index (χ2n) is 8.36. The molecule has 0 aromatic heterocycles. The third-order valence-corrected chi connectivity index (χ3v) is 10.0. The molecule has 0 bridgehead atoms. The first-order chi connectivity index (χ1) is 18.5. The maximum atomic E-state index is 15.2. The number of halogens is 15. The highest BCUT2D eigenvalue weighted by molar-refractivity contribution is 7.07. The standard InChI is InChI=1S/C23H7F15OSi/c1-4(5-2-3-5)39-40(21-15(33)9(27)6(24)10(28)16(21)34,22-17(35)11(29)7(25)12(30)18(22)36)23-19(37)13(31)8(26)14(32)20(23)38/h5H,1-3H2. The number of benzene rings is 3. The van der Waals surface area contributed by atoms with Gasteiger partial charge in [-0.3, -0.25) is 0 Å². The maximum absolute atomic E-state index is 15.2. The molecule has 0 heterocycles. The lowest BCUT2D eigenvalue weighted by atomic mass is 10.3. The zero-order chi connectivity index (χ0) is 30.2. The third kappa shape index (κ3) is 3.95. The van der Waals surface area contributed by atoms with E-state index >= 15 is 26.3 Å². The molecule has 0 unspecified atom stereocenters. The van der Waals surface area contributed by atoms with Crippen molar-refractivity contribution >= 4 is 23.9 Å². The summed E-state index contributed by atoms with van der Waals surface area (Å²) < 4.78 is 224. The van der Waals surface area contributed by atoms with E-state index in [4.69, 9.17) is 4.43 Å². The molecule has 0 amide bonds. The minimum absolute atomic E-state index is 0.00533. The van der Waals surface area contributed by atoms with Crippen molar-refractivity contribution in [3.63, 3.8) is 0 Å². The number of rotatable bonds is 6. The van der Waals surface area contributed by atoms with Gasteiger partial charge in [0.2, 0.25) is 17.5 Å². The minimum atomic E-state index is -7.32. The highest BCUT2D eigenvalue weighted by Crippen LogP contribution is 2.39. The van der Waals surface area contributed by atoms with E-state index in [1.54, 1.807) is 0 Å². The van der Waals surface area contributed by atoms with E-state index in [1.165, 1.54) is 0 Å². The molecule has 1 nitrogen and oxygen atoms in total. The summed E-state index contributed by atoms with van der Waals surface area (Å²) in [5, 5.41) is -8.26. The quantitative estimate of drug-likeness (QED) is 0.0870. The second-order valence-corrected chi connectivity index (χ2v) is 11.4. The molecular weight excluding hydrogens is 605 g/mol. The molecule has 0 aliphatic heterocycles. The van der Waals surface area contributed by atoms with Crippen LogP contribution in [-0.2, 0) is 4.43 Å². The average molecular weight is 612 g/mol. The Morgan fingerprint density at radius 2 is 0.625 bits per heavy atom. The lowest BCUT2D eigenvalue weighted by Gasteiger charge is -2.35. The molecule has 1 saturated carbocycles. The van der Waals surface area contributed by atoms with Gasteiger partial charge in [0.15, 0.2) is 69.8 Å². The summed E-state index contributed by atoms with van der Waals surface area (Å²) in [6.45, 7) is 3.14. The van der Waals surface area contributed by atoms with Crippen molar-refractivity contribution in [2.45, 2.75) is 12.8 Å². The molecule has 214 valence electrons. The van der Waals surface area contributed by atoms with Gasteiger partial charge in [0.1, 0.15) is 0 Å². The molecule has 40 heavy (non-hydrogen) atoms. The SMILES string of the molecule is C=C(O[Si](c1c(F)c(F)c(F)c(F)c1F)(c1c(F)c(F)c(F)c(F)c1F)c1c(F)c(F)c(F)c(F)c1F)C1CC1. The largest absolute Gasteiger partial charge is 0.533 e. The molecule has 0 radical (unpaired) electrons. The Morgan fingerprint density at radius 3 is 0.825 bits per heavy atom. The fourth-order valence-corrected chi connectivity index (χ4v) is 8.08. The summed E-state index contributed by atoms with van der Waals surface area (Å²) in [6, 6.07) is 0. The molecule has 3 aromatic carbocycles. The van der Waals surface area contributed by atoms with Gasteiger partial charge < -0.3 is 4.43 Å². The molecule has 0 saturated heterocycles. The van der Waals surface area contributed by atoms with Crippen molar-refractivity contribution < 1.29 is 70.3 Å². The Balaban J connectivity index is 2.43. The van der Waals surface area contributed by atoms with E-state index in [0.717, 1.165) is 0 Å². The van der Waals surface area contributed by atoms with Gasteiger partial charge in [0, 0.05) is 5.92 Å². The van der Waals surface area contributed by atoms with Crippen LogP contribution < -0.4 is 15.6 Å². The first-order valence-electron chi connectivity index (χ1n) is 10.5. The Morgan fingerprint density at radius 1 is 0.425 bits per heavy atom. The van der Waals surface area contributed by atoms with Crippen molar-refractivity contribution in [3.8, 4) is 0 Å². The summed E-state index contributed by atoms with van der Waals surface area (Å²) in [5.74, 6) is -48.1. The van der Waals surface area contributed by atoms with Crippen LogP contribution in [-0.4, -0.2) is 8.32 Å². The first-order valence-corrected chi connectivity index (χ1v) is 12.4. The first kappa shape index (κ1) is 29.4. The lowest BCUT2D eigenvalue weighted by molar-refractivity contribution is 0.360. The average Bonchev–Trinajstić information content (AvgIpc) is 3.76. The highest BCUT2D eigenvalue weighted by Gasteiger charge is 2.60. The van der Waals surface area contributed by atoms with Crippen molar-refractivity contribution in [1.82, 2.24) is 0 Å². The second kappa shape index (κ2) is 9.78. The van der Waals surface area contributed by atoms with Crippen LogP contribution in [0.15, 0.2) is 12.3 Å². The predicted octanol–water partition coefficient (Wildman–Crippen LogP) is 5.68. The van der Waals surface area contributed by atoms with E-state index in [9.17, 15) is 39.5 Å². The van der Waals surface area contributed by atoms with Gasteiger partial charge in [-0.25, -0.2) is 65.9 Å². The zero-order valence-corrected chi connectivity index (χ0v) is 19.8. The van der Waals surface area contributed by atoms with Gasteiger partial charge in [-0.05, 0) is 12.8 Å². The number of allylic oxidation sites excluding steroid dienone is 1. The van der Waals surface area contributed by atoms with Crippen molar-refractivity contribution in [3.05, 3.63) is 99.6 Å². The predicted molar refractivity (Wildman–Crippen MR) is 106 cm³/mol. The third-order valence-electron chi connectivity index (χ3n) is 6.00. The van der Waals surface area contributed by atoms with Gasteiger partial charge in [-0.2, -0.15) is 0 Å². The van der Waals surface area contributed by atoms with Gasteiger partial charge in [-0.1, -0.05) is 6.58 Å². The van der Waals surface area contributed by atoms with Gasteiger partial charge >= 0.3 is 8.32 Å². The van der Waals surface area contributed by atoms with Crippen molar-refractivity contribution in [2.24, 2.45) is 5.92 Å². The fourth-order valence-electron chi connectivity index (χ4n) is 3.96. The Bertz CT molecular complexity index is 1360. The Kier molecular flexibility index (Phi) is 7.17. The smallest absolute Gasteiger partial charge is 0.364 e. The normalized spacial score (nSPS) is 13.7. The van der Waals surface area contributed by atoms with E-state index in [2.05, 4.69) is 6.58 Å². The van der Waals surface area contributed by atoms with Gasteiger partial charge in [0.05, 0.1) is 21.3 Å². The number of hydrogen-bond donors (Lipinski definition) is 0. The lowest BCUT2D eigenvalue weighted by Crippen LogP contribution is -2.75. The van der Waals surface area contributed by atoms with E-state index in [-0.39, 0.29) is 12.8 Å². The van der Waals surface area contributed by atoms with Crippen LogP contribution in [0.4, 0.5) is 65.9 Å². The summed E-state index contributed by atoms with van der Waals surface area (Å²) >= 11 is 0. The molecule has 17 heteroatoms. The molecule has 1 aliphatic rings. The summed E-state index contributed by atoms with van der Waals surface area (Å²) in [4.78, 5) is 0. The van der Waals surface area contributed by atoms with Crippen LogP contribution in [0.25, 0.3) is 0 Å². The van der Waals surface area contributed by atoms with Crippen LogP contribution in [0.5, 0.6) is 0 Å². The summed E-state index contributed by atoms with van der Waals surface area (Å²) in [6.07, 6.45) is -0.0107. The van der Waals surface area contributed by atoms with E-state index in [0.29, 0.717) is 0 Å². The molecule has 0 N–H and O–H groups in total. The van der Waals surface area contributed by atoms with Crippen LogP contribution in [0.2, 0.25) is 0 Å². The molecule has 3 aromatic rings. The number of hydrogen-bond acceptors (Lipinski definition) is 1. The van der Waals surface area contributed by atoms with Crippen LogP contribution >= 0.6 is 0 Å². The topological polar surface area (TPSA) is 9.23 Å². The van der Waals surface area contributed by atoms with Gasteiger partial charge in [0.25, 0.3) is 0 Å². The van der Waals surface area contributed by atoms with Gasteiger partial charge in [-0.15, -0.1) is 0 Å². The van der Waals surface area contributed by atoms with Crippen molar-refractivity contribution in [1.29, 1.82) is 0 Å². The van der Waals surface area contributed by atoms with Crippen LogP contribution in [0, 0.1) is 93.2 Å². The minimum Gasteiger partial charge on any atom is -0.533 e. The molecule has 4 rings (SSSR count). The molecule has 0 atom stereocenters. The molecular formula is C23H7F15OSi. The van der Waals surface area contributed by atoms with Crippen molar-refractivity contribution in [2.75, 3.05) is 0 Å². The molecule has 1 fully saturated rings. The Hall–Kier alpha value is -3.63. The molecule has 1 aliphatic carbocycles. The van der Waals surface area contributed by atoms with E-state index < -0.39 is 123 Å². The summed E-state index contributed by atoms with van der Waals surface area (Å²) in [5.41, 5.74) is 0. The fraction of sp³-hybridized carbons (Fsp3) is 0.130. The zero-order valence-electron chi connectivity index (χ0n) is 18.8. The monoisotopic (exact) mass is 612 g/mol. The highest BCUT2D eigenvalue weighted by atomic mass is 28.4. The Labute approximate surface area is 213 Å². The summed E-state index contributed by atoms with van der Waals surface area (Å²) in [7, 11) is -7.32. The van der Waals surface area contributed by atoms with Crippen LogP contribution in [0.1, 0.15) is 12.8 Å². The van der Waals surface area contributed by atoms with Crippen LogP contribution in [0.3, 0.4) is 0 Å². The van der Waals surface area contributed by atoms with E-state index in [1.807, 2.05) is 0 Å². The molecule has 0 spiro atoms. The maximum Gasteiger partial charge on any atom is 0.364 e.